The second-order valence-electron chi connectivity index (χ2n) is 6.00. The SMILES string of the molecule is OC1CCCCCCC1N1CCCC(C(F)(F)F)C1. The van der Waals surface area contributed by atoms with Crippen LogP contribution >= 0.6 is 0 Å². The summed E-state index contributed by atoms with van der Waals surface area (Å²) in [4.78, 5) is 1.90. The zero-order valence-corrected chi connectivity index (χ0v) is 11.3. The van der Waals surface area contributed by atoms with Gasteiger partial charge in [-0.2, -0.15) is 13.2 Å². The van der Waals surface area contributed by atoms with E-state index in [1.54, 1.807) is 0 Å². The van der Waals surface area contributed by atoms with Crippen molar-refractivity contribution < 1.29 is 18.3 Å². The largest absolute Gasteiger partial charge is 0.393 e. The molecule has 19 heavy (non-hydrogen) atoms. The Kier molecular flexibility index (Phi) is 5.12. The number of hydrogen-bond donors (Lipinski definition) is 1. The average Bonchev–Trinajstić information content (AvgIpc) is 2.33. The number of hydrogen-bond acceptors (Lipinski definition) is 2. The maximum Gasteiger partial charge on any atom is 0.393 e. The number of piperidine rings is 1. The maximum absolute atomic E-state index is 12.8. The fraction of sp³-hybridized carbons (Fsp3) is 1.00. The molecule has 0 radical (unpaired) electrons. The van der Waals surface area contributed by atoms with Gasteiger partial charge >= 0.3 is 6.18 Å². The molecule has 1 saturated heterocycles. The molecule has 2 rings (SSSR count). The first-order valence-corrected chi connectivity index (χ1v) is 7.47. The highest BCUT2D eigenvalue weighted by atomic mass is 19.4. The van der Waals surface area contributed by atoms with Crippen LogP contribution in [0, 0.1) is 5.92 Å². The Bertz CT molecular complexity index is 282. The summed E-state index contributed by atoms with van der Waals surface area (Å²) in [7, 11) is 0. The minimum atomic E-state index is -4.09. The van der Waals surface area contributed by atoms with Crippen molar-refractivity contribution in [2.24, 2.45) is 5.92 Å². The number of aliphatic hydroxyl groups excluding tert-OH is 1. The second kappa shape index (κ2) is 6.44. The van der Waals surface area contributed by atoms with Crippen LogP contribution in [0.4, 0.5) is 13.2 Å². The van der Waals surface area contributed by atoms with Gasteiger partial charge in [0.15, 0.2) is 0 Å². The fourth-order valence-corrected chi connectivity index (χ4v) is 3.45. The van der Waals surface area contributed by atoms with Crippen LogP contribution in [-0.4, -0.2) is 41.4 Å². The van der Waals surface area contributed by atoms with Crippen LogP contribution in [0.2, 0.25) is 0 Å². The van der Waals surface area contributed by atoms with Gasteiger partial charge in [0.2, 0.25) is 0 Å². The molecule has 3 unspecified atom stereocenters. The summed E-state index contributed by atoms with van der Waals surface area (Å²) in [6, 6.07) is -0.0644. The normalized spacial score (nSPS) is 35.7. The van der Waals surface area contributed by atoms with Gasteiger partial charge in [0.25, 0.3) is 0 Å². The molecule has 5 heteroatoms. The van der Waals surface area contributed by atoms with Crippen molar-refractivity contribution in [3.05, 3.63) is 0 Å². The van der Waals surface area contributed by atoms with E-state index in [0.717, 1.165) is 38.5 Å². The van der Waals surface area contributed by atoms with E-state index < -0.39 is 18.2 Å². The van der Waals surface area contributed by atoms with E-state index in [4.69, 9.17) is 0 Å². The minimum Gasteiger partial charge on any atom is -0.391 e. The van der Waals surface area contributed by atoms with Crippen LogP contribution in [0.15, 0.2) is 0 Å². The van der Waals surface area contributed by atoms with Crippen molar-refractivity contribution in [1.29, 1.82) is 0 Å². The van der Waals surface area contributed by atoms with Gasteiger partial charge in [-0.1, -0.05) is 25.7 Å². The van der Waals surface area contributed by atoms with Crippen LogP contribution in [0.25, 0.3) is 0 Å². The molecule has 0 amide bonds. The summed E-state index contributed by atoms with van der Waals surface area (Å²) < 4.78 is 38.5. The molecule has 0 spiro atoms. The van der Waals surface area contributed by atoms with Gasteiger partial charge in [-0.3, -0.25) is 4.90 Å². The van der Waals surface area contributed by atoms with Gasteiger partial charge in [-0.25, -0.2) is 0 Å². The number of alkyl halides is 3. The number of likely N-dealkylation sites (tertiary alicyclic amines) is 1. The van der Waals surface area contributed by atoms with Gasteiger partial charge in [0.05, 0.1) is 12.0 Å². The molecular formula is C14H24F3NO. The maximum atomic E-state index is 12.8. The third-order valence-electron chi connectivity index (χ3n) is 4.58. The molecule has 1 heterocycles. The van der Waals surface area contributed by atoms with E-state index in [1.807, 2.05) is 4.90 Å². The first-order chi connectivity index (χ1) is 8.98. The van der Waals surface area contributed by atoms with Crippen LogP contribution in [-0.2, 0) is 0 Å². The highest BCUT2D eigenvalue weighted by molar-refractivity contribution is 4.86. The predicted octanol–water partition coefficient (Wildman–Crippen LogP) is 3.34. The molecule has 0 aromatic heterocycles. The third-order valence-corrected chi connectivity index (χ3v) is 4.58. The summed E-state index contributed by atoms with van der Waals surface area (Å²) in [6.07, 6.45) is 2.15. The fourth-order valence-electron chi connectivity index (χ4n) is 3.45. The lowest BCUT2D eigenvalue weighted by Gasteiger charge is -2.41. The Morgan fingerprint density at radius 2 is 1.58 bits per heavy atom. The molecule has 0 aromatic rings. The van der Waals surface area contributed by atoms with Gasteiger partial charge in [0.1, 0.15) is 0 Å². The highest BCUT2D eigenvalue weighted by Crippen LogP contribution is 2.35. The van der Waals surface area contributed by atoms with Crippen LogP contribution in [0.5, 0.6) is 0 Å². The van der Waals surface area contributed by atoms with Crippen molar-refractivity contribution in [2.45, 2.75) is 69.7 Å². The van der Waals surface area contributed by atoms with Crippen molar-refractivity contribution in [3.8, 4) is 0 Å². The predicted molar refractivity (Wildman–Crippen MR) is 67.8 cm³/mol. The minimum absolute atomic E-state index is 0.0644. The van der Waals surface area contributed by atoms with Crippen molar-refractivity contribution >= 4 is 0 Å². The molecule has 1 saturated carbocycles. The first kappa shape index (κ1) is 15.1. The summed E-state index contributed by atoms with van der Waals surface area (Å²) in [5, 5.41) is 10.2. The van der Waals surface area contributed by atoms with Crippen molar-refractivity contribution in [3.63, 3.8) is 0 Å². The molecule has 1 aliphatic heterocycles. The third kappa shape index (κ3) is 4.09. The molecule has 0 aromatic carbocycles. The lowest BCUT2D eigenvalue weighted by molar-refractivity contribution is -0.190. The molecule has 0 bridgehead atoms. The molecule has 112 valence electrons. The molecule has 2 nitrogen and oxygen atoms in total. The smallest absolute Gasteiger partial charge is 0.391 e. The van der Waals surface area contributed by atoms with Gasteiger partial charge in [-0.05, 0) is 32.2 Å². The Morgan fingerprint density at radius 3 is 2.26 bits per heavy atom. The summed E-state index contributed by atoms with van der Waals surface area (Å²) in [5.41, 5.74) is 0. The van der Waals surface area contributed by atoms with E-state index in [-0.39, 0.29) is 19.0 Å². The second-order valence-corrected chi connectivity index (χ2v) is 6.00. The van der Waals surface area contributed by atoms with E-state index in [9.17, 15) is 18.3 Å². The summed E-state index contributed by atoms with van der Waals surface area (Å²) in [5.74, 6) is -1.21. The number of nitrogens with zero attached hydrogens (tertiary/aromatic N) is 1. The molecule has 3 atom stereocenters. The Morgan fingerprint density at radius 1 is 0.895 bits per heavy atom. The first-order valence-electron chi connectivity index (χ1n) is 7.47. The number of rotatable bonds is 1. The highest BCUT2D eigenvalue weighted by Gasteiger charge is 2.43. The Balaban J connectivity index is 1.98. The zero-order chi connectivity index (χ0) is 13.9. The summed E-state index contributed by atoms with van der Waals surface area (Å²) in [6.45, 7) is 0.777. The molecule has 2 fully saturated rings. The molecule has 1 N–H and O–H groups in total. The van der Waals surface area contributed by atoms with Gasteiger partial charge < -0.3 is 5.11 Å². The summed E-state index contributed by atoms with van der Waals surface area (Å²) >= 11 is 0. The van der Waals surface area contributed by atoms with Crippen LogP contribution in [0.3, 0.4) is 0 Å². The van der Waals surface area contributed by atoms with Gasteiger partial charge in [0, 0.05) is 12.6 Å². The Hall–Kier alpha value is -0.290. The number of aliphatic hydroxyl groups is 1. The van der Waals surface area contributed by atoms with Crippen molar-refractivity contribution in [1.82, 2.24) is 4.90 Å². The molecule has 1 aliphatic carbocycles. The van der Waals surface area contributed by atoms with Crippen molar-refractivity contribution in [2.75, 3.05) is 13.1 Å². The van der Waals surface area contributed by atoms with E-state index in [1.165, 1.54) is 0 Å². The Labute approximate surface area is 113 Å². The quantitative estimate of drug-likeness (QED) is 0.795. The van der Waals surface area contributed by atoms with E-state index in [2.05, 4.69) is 0 Å². The lowest BCUT2D eigenvalue weighted by atomic mass is 9.89. The van der Waals surface area contributed by atoms with Gasteiger partial charge in [-0.15, -0.1) is 0 Å². The standard InChI is InChI=1S/C14H24F3NO/c15-14(16,17)11-6-5-9-18(10-11)12-7-3-1-2-4-8-13(12)19/h11-13,19H,1-10H2. The van der Waals surface area contributed by atoms with Crippen LogP contribution in [0.1, 0.15) is 51.4 Å². The average molecular weight is 279 g/mol. The van der Waals surface area contributed by atoms with Crippen LogP contribution < -0.4 is 0 Å². The zero-order valence-electron chi connectivity index (χ0n) is 11.3. The monoisotopic (exact) mass is 279 g/mol. The lowest BCUT2D eigenvalue weighted by Crippen LogP contribution is -2.51. The topological polar surface area (TPSA) is 23.5 Å². The van der Waals surface area contributed by atoms with E-state index in [0.29, 0.717) is 13.0 Å². The van der Waals surface area contributed by atoms with E-state index >= 15 is 0 Å². The number of halogens is 3. The molecule has 2 aliphatic rings. The molecular weight excluding hydrogens is 255 g/mol.